The summed E-state index contributed by atoms with van der Waals surface area (Å²) >= 11 is 1.39. The summed E-state index contributed by atoms with van der Waals surface area (Å²) in [6.45, 7) is 8.04. The molecule has 1 heterocycles. The third-order valence-corrected chi connectivity index (χ3v) is 3.24. The fraction of sp³-hybridized carbons (Fsp3) is 0.600. The van der Waals surface area contributed by atoms with Crippen LogP contribution in [0.4, 0.5) is 0 Å². The van der Waals surface area contributed by atoms with Gasteiger partial charge < -0.3 is 5.32 Å². The first-order chi connectivity index (χ1) is 6.52. The van der Waals surface area contributed by atoms with Gasteiger partial charge in [0.05, 0.1) is 11.2 Å². The van der Waals surface area contributed by atoms with E-state index >= 15 is 0 Å². The van der Waals surface area contributed by atoms with E-state index in [1.807, 2.05) is 13.8 Å². The fourth-order valence-corrected chi connectivity index (χ4v) is 1.66. The third kappa shape index (κ3) is 2.54. The maximum atomic E-state index is 11.7. The van der Waals surface area contributed by atoms with Gasteiger partial charge in [0.2, 0.25) is 0 Å². The maximum Gasteiger partial charge on any atom is 0.263 e. The molecular formula is C10H16N2OS. The van der Waals surface area contributed by atoms with E-state index in [1.165, 1.54) is 11.3 Å². The van der Waals surface area contributed by atoms with E-state index in [9.17, 15) is 4.79 Å². The number of hydrogen-bond donors (Lipinski definition) is 1. The Morgan fingerprint density at radius 1 is 1.50 bits per heavy atom. The molecule has 0 unspecified atom stereocenters. The number of carbonyl (C=O) groups excluding carboxylic acids is 1. The SMILES string of the molecule is Cc1ncsc1C(=O)N[C@@H](C)C(C)C. The third-order valence-electron chi connectivity index (χ3n) is 2.31. The summed E-state index contributed by atoms with van der Waals surface area (Å²) in [7, 11) is 0. The van der Waals surface area contributed by atoms with Crippen LogP contribution in [0.15, 0.2) is 5.51 Å². The van der Waals surface area contributed by atoms with Crippen LogP contribution in [-0.2, 0) is 0 Å². The molecule has 0 aliphatic carbocycles. The Morgan fingerprint density at radius 2 is 2.14 bits per heavy atom. The summed E-state index contributed by atoms with van der Waals surface area (Å²) in [6, 6.07) is 0.198. The Hall–Kier alpha value is -0.900. The second-order valence-corrected chi connectivity index (χ2v) is 4.63. The second kappa shape index (κ2) is 4.55. The lowest BCUT2D eigenvalue weighted by Crippen LogP contribution is -2.35. The maximum absolute atomic E-state index is 11.7. The molecule has 0 aromatic carbocycles. The second-order valence-electron chi connectivity index (χ2n) is 3.77. The standard InChI is InChI=1S/C10H16N2OS/c1-6(2)7(3)12-10(13)9-8(4)11-5-14-9/h5-7H,1-4H3,(H,12,13)/t7-/m0/s1. The first kappa shape index (κ1) is 11.2. The van der Waals surface area contributed by atoms with E-state index in [0.29, 0.717) is 5.92 Å². The number of aryl methyl sites for hydroxylation is 1. The summed E-state index contributed by atoms with van der Waals surface area (Å²) in [5.41, 5.74) is 2.51. The normalized spacial score (nSPS) is 12.9. The molecule has 0 radical (unpaired) electrons. The molecular weight excluding hydrogens is 196 g/mol. The Morgan fingerprint density at radius 3 is 2.57 bits per heavy atom. The van der Waals surface area contributed by atoms with E-state index in [1.54, 1.807) is 5.51 Å². The lowest BCUT2D eigenvalue weighted by molar-refractivity contribution is 0.0934. The van der Waals surface area contributed by atoms with E-state index in [2.05, 4.69) is 24.1 Å². The zero-order chi connectivity index (χ0) is 10.7. The highest BCUT2D eigenvalue weighted by atomic mass is 32.1. The average molecular weight is 212 g/mol. The van der Waals surface area contributed by atoms with Gasteiger partial charge in [0.15, 0.2) is 0 Å². The molecule has 1 rings (SSSR count). The van der Waals surface area contributed by atoms with Gasteiger partial charge in [0.25, 0.3) is 5.91 Å². The van der Waals surface area contributed by atoms with E-state index < -0.39 is 0 Å². The van der Waals surface area contributed by atoms with Gasteiger partial charge in [-0.2, -0.15) is 0 Å². The number of hydrogen-bond acceptors (Lipinski definition) is 3. The van der Waals surface area contributed by atoms with Crippen LogP contribution in [0.2, 0.25) is 0 Å². The minimum Gasteiger partial charge on any atom is -0.349 e. The number of rotatable bonds is 3. The van der Waals surface area contributed by atoms with E-state index in [-0.39, 0.29) is 11.9 Å². The molecule has 1 aromatic rings. The van der Waals surface area contributed by atoms with Crippen LogP contribution in [0.25, 0.3) is 0 Å². The zero-order valence-electron chi connectivity index (χ0n) is 9.00. The molecule has 1 atom stereocenters. The molecule has 0 saturated heterocycles. The summed E-state index contributed by atoms with van der Waals surface area (Å²) < 4.78 is 0. The molecule has 1 aromatic heterocycles. The lowest BCUT2D eigenvalue weighted by Gasteiger charge is -2.16. The number of nitrogens with one attached hydrogen (secondary N) is 1. The summed E-state index contributed by atoms with van der Waals surface area (Å²) in [4.78, 5) is 16.5. The van der Waals surface area contributed by atoms with Crippen LogP contribution in [0.5, 0.6) is 0 Å². The molecule has 1 amide bonds. The quantitative estimate of drug-likeness (QED) is 0.834. The molecule has 1 N–H and O–H groups in total. The minimum atomic E-state index is -0.00815. The first-order valence-electron chi connectivity index (χ1n) is 4.73. The van der Waals surface area contributed by atoms with Gasteiger partial charge in [-0.15, -0.1) is 11.3 Å². The largest absolute Gasteiger partial charge is 0.349 e. The first-order valence-corrected chi connectivity index (χ1v) is 5.61. The Labute approximate surface area is 88.6 Å². The fourth-order valence-electron chi connectivity index (χ4n) is 0.959. The number of amides is 1. The van der Waals surface area contributed by atoms with Crippen molar-refractivity contribution < 1.29 is 4.79 Å². The van der Waals surface area contributed by atoms with Gasteiger partial charge in [-0.1, -0.05) is 13.8 Å². The average Bonchev–Trinajstić information content (AvgIpc) is 2.51. The van der Waals surface area contributed by atoms with Crippen molar-refractivity contribution in [3.05, 3.63) is 16.1 Å². The number of carbonyl (C=O) groups is 1. The summed E-state index contributed by atoms with van der Waals surface area (Å²) in [5.74, 6) is 0.443. The molecule has 3 nitrogen and oxygen atoms in total. The highest BCUT2D eigenvalue weighted by molar-refractivity contribution is 7.11. The van der Waals surface area contributed by atoms with Crippen LogP contribution < -0.4 is 5.32 Å². The predicted molar refractivity (Wildman–Crippen MR) is 58.6 cm³/mol. The van der Waals surface area contributed by atoms with Gasteiger partial charge in [-0.05, 0) is 19.8 Å². The zero-order valence-corrected chi connectivity index (χ0v) is 9.81. The minimum absolute atomic E-state index is 0.00815. The topological polar surface area (TPSA) is 42.0 Å². The van der Waals surface area contributed by atoms with Gasteiger partial charge in [-0.25, -0.2) is 4.98 Å². The van der Waals surface area contributed by atoms with E-state index in [0.717, 1.165) is 10.6 Å². The number of aromatic nitrogens is 1. The van der Waals surface area contributed by atoms with Crippen molar-refractivity contribution >= 4 is 17.2 Å². The highest BCUT2D eigenvalue weighted by Crippen LogP contribution is 2.12. The van der Waals surface area contributed by atoms with Crippen LogP contribution in [0, 0.1) is 12.8 Å². The van der Waals surface area contributed by atoms with Crippen LogP contribution in [0.3, 0.4) is 0 Å². The van der Waals surface area contributed by atoms with Crippen LogP contribution in [-0.4, -0.2) is 16.9 Å². The molecule has 78 valence electrons. The Bertz CT molecular complexity index is 320. The van der Waals surface area contributed by atoms with E-state index in [4.69, 9.17) is 0 Å². The Kier molecular flexibility index (Phi) is 3.63. The smallest absolute Gasteiger partial charge is 0.263 e. The number of thiazole rings is 1. The van der Waals surface area contributed by atoms with Crippen molar-refractivity contribution in [3.8, 4) is 0 Å². The van der Waals surface area contributed by atoms with Crippen molar-refractivity contribution in [1.29, 1.82) is 0 Å². The summed E-state index contributed by atoms with van der Waals surface area (Å²) in [6.07, 6.45) is 0. The van der Waals surface area contributed by atoms with Crippen molar-refractivity contribution in [2.75, 3.05) is 0 Å². The van der Waals surface area contributed by atoms with Crippen molar-refractivity contribution in [2.45, 2.75) is 33.7 Å². The number of nitrogens with zero attached hydrogens (tertiary/aromatic N) is 1. The molecule has 0 aliphatic rings. The van der Waals surface area contributed by atoms with Crippen LogP contribution >= 0.6 is 11.3 Å². The van der Waals surface area contributed by atoms with Gasteiger partial charge in [0, 0.05) is 6.04 Å². The van der Waals surface area contributed by atoms with Crippen molar-refractivity contribution in [3.63, 3.8) is 0 Å². The predicted octanol–water partition coefficient (Wildman–Crippen LogP) is 2.23. The van der Waals surface area contributed by atoms with Gasteiger partial charge in [-0.3, -0.25) is 4.79 Å². The molecule has 0 fully saturated rings. The summed E-state index contributed by atoms with van der Waals surface area (Å²) in [5, 5.41) is 2.95. The molecule has 0 aliphatic heterocycles. The monoisotopic (exact) mass is 212 g/mol. The molecule has 0 saturated carbocycles. The molecule has 0 spiro atoms. The van der Waals surface area contributed by atoms with Crippen LogP contribution in [0.1, 0.15) is 36.1 Å². The molecule has 4 heteroatoms. The lowest BCUT2D eigenvalue weighted by atomic mass is 10.1. The van der Waals surface area contributed by atoms with Gasteiger partial charge >= 0.3 is 0 Å². The van der Waals surface area contributed by atoms with Gasteiger partial charge in [0.1, 0.15) is 4.88 Å². The van der Waals surface area contributed by atoms with Crippen molar-refractivity contribution in [1.82, 2.24) is 10.3 Å². The Balaban J connectivity index is 2.64. The highest BCUT2D eigenvalue weighted by Gasteiger charge is 2.15. The molecule has 14 heavy (non-hydrogen) atoms. The molecule has 0 bridgehead atoms. The van der Waals surface area contributed by atoms with Crippen molar-refractivity contribution in [2.24, 2.45) is 5.92 Å².